The number of amides is 1. The van der Waals surface area contributed by atoms with Crippen LogP contribution in [0.2, 0.25) is 5.02 Å². The molecule has 0 aliphatic carbocycles. The number of nitrogens with one attached hydrogen (secondary N) is 1. The van der Waals surface area contributed by atoms with Crippen LogP contribution < -0.4 is 5.32 Å². The lowest BCUT2D eigenvalue weighted by atomic mass is 10.1. The first-order chi connectivity index (χ1) is 8.40. The van der Waals surface area contributed by atoms with Gasteiger partial charge in [0.25, 0.3) is 0 Å². The van der Waals surface area contributed by atoms with Crippen LogP contribution in [0.3, 0.4) is 0 Å². The Morgan fingerprint density at radius 2 is 2.11 bits per heavy atom. The van der Waals surface area contributed by atoms with Crippen LogP contribution >= 0.6 is 11.6 Å². The summed E-state index contributed by atoms with van der Waals surface area (Å²) in [6.45, 7) is 3.29. The fourth-order valence-corrected chi connectivity index (χ4v) is 1.40. The van der Waals surface area contributed by atoms with Gasteiger partial charge in [-0.25, -0.2) is 0 Å². The first-order valence-electron chi connectivity index (χ1n) is 5.37. The SMILES string of the molecule is Cc1ccc(/C=C/C(=O)N[C@@H](C)C(=O)O)cc1Cl. The minimum atomic E-state index is -1.07. The van der Waals surface area contributed by atoms with E-state index < -0.39 is 17.9 Å². The van der Waals surface area contributed by atoms with Crippen molar-refractivity contribution in [2.45, 2.75) is 19.9 Å². The van der Waals surface area contributed by atoms with E-state index in [1.165, 1.54) is 13.0 Å². The number of hydrogen-bond donors (Lipinski definition) is 2. The van der Waals surface area contributed by atoms with Crippen molar-refractivity contribution in [1.29, 1.82) is 0 Å². The van der Waals surface area contributed by atoms with Crippen molar-refractivity contribution in [3.05, 3.63) is 40.4 Å². The molecule has 0 fully saturated rings. The molecule has 0 unspecified atom stereocenters. The molecule has 1 amide bonds. The van der Waals surface area contributed by atoms with Gasteiger partial charge in [-0.05, 0) is 37.1 Å². The van der Waals surface area contributed by atoms with Crippen LogP contribution in [0.5, 0.6) is 0 Å². The number of carbonyl (C=O) groups is 2. The van der Waals surface area contributed by atoms with Crippen molar-refractivity contribution in [2.24, 2.45) is 0 Å². The van der Waals surface area contributed by atoms with Crippen LogP contribution in [-0.2, 0) is 9.59 Å². The largest absolute Gasteiger partial charge is 0.480 e. The average Bonchev–Trinajstić information content (AvgIpc) is 2.30. The molecule has 0 saturated carbocycles. The maximum atomic E-state index is 11.4. The van der Waals surface area contributed by atoms with Gasteiger partial charge < -0.3 is 10.4 Å². The Labute approximate surface area is 110 Å². The Hall–Kier alpha value is -1.81. The first kappa shape index (κ1) is 14.3. The van der Waals surface area contributed by atoms with E-state index in [1.54, 1.807) is 12.1 Å². The number of rotatable bonds is 4. The van der Waals surface area contributed by atoms with Gasteiger partial charge in [0.15, 0.2) is 0 Å². The zero-order valence-corrected chi connectivity index (χ0v) is 10.9. The van der Waals surface area contributed by atoms with E-state index in [0.29, 0.717) is 5.02 Å². The highest BCUT2D eigenvalue weighted by molar-refractivity contribution is 6.31. The third-order valence-electron chi connectivity index (χ3n) is 2.35. The van der Waals surface area contributed by atoms with Crippen LogP contribution in [0, 0.1) is 6.92 Å². The quantitative estimate of drug-likeness (QED) is 0.823. The molecule has 1 atom stereocenters. The molecule has 1 rings (SSSR count). The standard InChI is InChI=1S/C13H14ClNO3/c1-8-3-4-10(7-11(8)14)5-6-12(16)15-9(2)13(17)18/h3-7,9H,1-2H3,(H,15,16)(H,17,18)/b6-5+/t9-/m0/s1. The van der Waals surface area contributed by atoms with Gasteiger partial charge in [0.2, 0.25) is 5.91 Å². The molecule has 0 aliphatic heterocycles. The van der Waals surface area contributed by atoms with Crippen LogP contribution in [0.25, 0.3) is 6.08 Å². The second kappa shape index (κ2) is 6.21. The number of benzene rings is 1. The molecule has 0 heterocycles. The van der Waals surface area contributed by atoms with Crippen LogP contribution in [0.15, 0.2) is 24.3 Å². The molecular weight excluding hydrogens is 254 g/mol. The molecule has 2 N–H and O–H groups in total. The Kier molecular flexibility index (Phi) is 4.92. The fraction of sp³-hybridized carbons (Fsp3) is 0.231. The Morgan fingerprint density at radius 3 is 2.67 bits per heavy atom. The molecule has 4 nitrogen and oxygen atoms in total. The number of aryl methyl sites for hydroxylation is 1. The summed E-state index contributed by atoms with van der Waals surface area (Å²) < 4.78 is 0. The minimum Gasteiger partial charge on any atom is -0.480 e. The number of carbonyl (C=O) groups excluding carboxylic acids is 1. The molecule has 0 bridgehead atoms. The number of carboxylic acid groups (broad SMARTS) is 1. The lowest BCUT2D eigenvalue weighted by Crippen LogP contribution is -2.37. The molecule has 0 aliphatic rings. The molecule has 96 valence electrons. The Morgan fingerprint density at radius 1 is 1.44 bits per heavy atom. The van der Waals surface area contributed by atoms with E-state index in [-0.39, 0.29) is 0 Å². The van der Waals surface area contributed by atoms with Crippen molar-refractivity contribution < 1.29 is 14.7 Å². The lowest BCUT2D eigenvalue weighted by molar-refractivity contribution is -0.140. The predicted octanol–water partition coefficient (Wildman–Crippen LogP) is 2.25. The van der Waals surface area contributed by atoms with Crippen molar-refractivity contribution in [3.8, 4) is 0 Å². The third-order valence-corrected chi connectivity index (χ3v) is 2.76. The lowest BCUT2D eigenvalue weighted by Gasteiger charge is -2.06. The van der Waals surface area contributed by atoms with E-state index in [1.807, 2.05) is 19.1 Å². The molecular formula is C13H14ClNO3. The van der Waals surface area contributed by atoms with Crippen molar-refractivity contribution in [1.82, 2.24) is 5.32 Å². The van der Waals surface area contributed by atoms with Crippen LogP contribution in [0.1, 0.15) is 18.1 Å². The summed E-state index contributed by atoms with van der Waals surface area (Å²) in [7, 11) is 0. The van der Waals surface area contributed by atoms with Gasteiger partial charge in [-0.1, -0.05) is 23.7 Å². The van der Waals surface area contributed by atoms with Gasteiger partial charge in [-0.2, -0.15) is 0 Å². The molecule has 5 heteroatoms. The molecule has 18 heavy (non-hydrogen) atoms. The summed E-state index contributed by atoms with van der Waals surface area (Å²) in [5.74, 6) is -1.53. The zero-order chi connectivity index (χ0) is 13.7. The molecule has 1 aromatic carbocycles. The summed E-state index contributed by atoms with van der Waals surface area (Å²) in [5, 5.41) is 11.6. The van der Waals surface area contributed by atoms with E-state index in [0.717, 1.165) is 11.1 Å². The van der Waals surface area contributed by atoms with Gasteiger partial charge in [0, 0.05) is 11.1 Å². The van der Waals surface area contributed by atoms with Crippen LogP contribution in [0.4, 0.5) is 0 Å². The molecule has 0 saturated heterocycles. The summed E-state index contributed by atoms with van der Waals surface area (Å²) >= 11 is 5.94. The van der Waals surface area contributed by atoms with E-state index in [2.05, 4.69) is 5.32 Å². The van der Waals surface area contributed by atoms with Crippen molar-refractivity contribution in [2.75, 3.05) is 0 Å². The second-order valence-corrected chi connectivity index (χ2v) is 4.32. The number of aliphatic carboxylic acids is 1. The maximum Gasteiger partial charge on any atom is 0.325 e. The van der Waals surface area contributed by atoms with Gasteiger partial charge in [0.05, 0.1) is 0 Å². The van der Waals surface area contributed by atoms with Gasteiger partial charge in [0.1, 0.15) is 6.04 Å². The second-order valence-electron chi connectivity index (χ2n) is 3.91. The Balaban J connectivity index is 2.66. The fourth-order valence-electron chi connectivity index (χ4n) is 1.21. The normalized spacial score (nSPS) is 12.4. The third kappa shape index (κ3) is 4.22. The first-order valence-corrected chi connectivity index (χ1v) is 5.75. The smallest absolute Gasteiger partial charge is 0.325 e. The topological polar surface area (TPSA) is 66.4 Å². The number of halogens is 1. The van der Waals surface area contributed by atoms with Crippen LogP contribution in [-0.4, -0.2) is 23.0 Å². The summed E-state index contributed by atoms with van der Waals surface area (Å²) in [5.41, 5.74) is 1.74. The average molecular weight is 268 g/mol. The monoisotopic (exact) mass is 267 g/mol. The molecule has 0 radical (unpaired) electrons. The highest BCUT2D eigenvalue weighted by Gasteiger charge is 2.11. The van der Waals surface area contributed by atoms with Gasteiger partial charge >= 0.3 is 5.97 Å². The summed E-state index contributed by atoms with van der Waals surface area (Å²) in [6, 6.07) is 4.50. The zero-order valence-electron chi connectivity index (χ0n) is 10.1. The summed E-state index contributed by atoms with van der Waals surface area (Å²) in [4.78, 5) is 21.9. The minimum absolute atomic E-state index is 0.457. The molecule has 0 spiro atoms. The highest BCUT2D eigenvalue weighted by Crippen LogP contribution is 2.17. The van der Waals surface area contributed by atoms with E-state index in [4.69, 9.17) is 16.7 Å². The van der Waals surface area contributed by atoms with Gasteiger partial charge in [-0.15, -0.1) is 0 Å². The molecule has 0 aromatic heterocycles. The van der Waals surface area contributed by atoms with E-state index >= 15 is 0 Å². The number of hydrogen-bond acceptors (Lipinski definition) is 2. The Bertz CT molecular complexity index is 497. The maximum absolute atomic E-state index is 11.4. The van der Waals surface area contributed by atoms with E-state index in [9.17, 15) is 9.59 Å². The highest BCUT2D eigenvalue weighted by atomic mass is 35.5. The molecule has 1 aromatic rings. The summed E-state index contributed by atoms with van der Waals surface area (Å²) in [6.07, 6.45) is 2.86. The predicted molar refractivity (Wildman–Crippen MR) is 70.5 cm³/mol. The van der Waals surface area contributed by atoms with Gasteiger partial charge in [-0.3, -0.25) is 9.59 Å². The van der Waals surface area contributed by atoms with Crippen molar-refractivity contribution >= 4 is 29.6 Å². The van der Waals surface area contributed by atoms with Crippen molar-refractivity contribution in [3.63, 3.8) is 0 Å². The number of carboxylic acids is 1.